The Hall–Kier alpha value is -2.43. The quantitative estimate of drug-likeness (QED) is 0.624. The van der Waals surface area contributed by atoms with E-state index in [-0.39, 0.29) is 17.9 Å². The zero-order valence-corrected chi connectivity index (χ0v) is 11.2. The van der Waals surface area contributed by atoms with Gasteiger partial charge in [0.25, 0.3) is 5.70 Å². The van der Waals surface area contributed by atoms with Gasteiger partial charge in [0, 0.05) is 6.08 Å². The van der Waals surface area contributed by atoms with Crippen molar-refractivity contribution in [3.05, 3.63) is 75.6 Å². The molecule has 0 aromatic heterocycles. The van der Waals surface area contributed by atoms with Crippen LogP contribution in [-0.2, 0) is 0 Å². The number of benzene rings is 1. The van der Waals surface area contributed by atoms with Crippen molar-refractivity contribution in [3.63, 3.8) is 0 Å². The average Bonchev–Trinajstić information content (AvgIpc) is 2.43. The van der Waals surface area contributed by atoms with E-state index >= 15 is 0 Å². The van der Waals surface area contributed by atoms with E-state index in [1.165, 1.54) is 6.08 Å². The molecule has 0 bridgehead atoms. The second-order valence-corrected chi connectivity index (χ2v) is 4.47. The highest BCUT2D eigenvalue weighted by Gasteiger charge is 2.29. The molecule has 0 spiro atoms. The number of rotatable bonds is 4. The molecule has 5 heteroatoms. The molecule has 0 atom stereocenters. The van der Waals surface area contributed by atoms with Crippen LogP contribution in [0.15, 0.2) is 60.0 Å². The summed E-state index contributed by atoms with van der Waals surface area (Å²) in [6, 6.07) is 9.41. The second-order valence-electron chi connectivity index (χ2n) is 4.47. The molecule has 0 saturated carbocycles. The Kier molecular flexibility index (Phi) is 3.98. The van der Waals surface area contributed by atoms with Gasteiger partial charge in [-0.15, -0.1) is 0 Å². The highest BCUT2D eigenvalue weighted by molar-refractivity contribution is 5.73. The maximum atomic E-state index is 12.8. The average molecular weight is 274 g/mol. The summed E-state index contributed by atoms with van der Waals surface area (Å²) in [6.45, 7) is 4.97. The molecule has 0 saturated heterocycles. The van der Waals surface area contributed by atoms with E-state index in [1.807, 2.05) is 30.3 Å². The van der Waals surface area contributed by atoms with Crippen LogP contribution in [0.3, 0.4) is 0 Å². The van der Waals surface area contributed by atoms with Crippen molar-refractivity contribution < 1.29 is 9.31 Å². The van der Waals surface area contributed by atoms with E-state index in [1.54, 1.807) is 11.8 Å². The third kappa shape index (κ3) is 2.47. The summed E-state index contributed by atoms with van der Waals surface area (Å²) in [5.74, 6) is 0. The Morgan fingerprint density at radius 2 is 2.00 bits per heavy atom. The summed E-state index contributed by atoms with van der Waals surface area (Å²) in [6.07, 6.45) is 1.49. The van der Waals surface area contributed by atoms with Crippen LogP contribution in [-0.4, -0.2) is 23.0 Å². The van der Waals surface area contributed by atoms with Crippen LogP contribution in [0.5, 0.6) is 0 Å². The lowest BCUT2D eigenvalue weighted by molar-refractivity contribution is -0.422. The number of nitro groups is 1. The van der Waals surface area contributed by atoms with Crippen molar-refractivity contribution in [2.24, 2.45) is 0 Å². The predicted octanol–water partition coefficient (Wildman–Crippen LogP) is 3.38. The lowest BCUT2D eigenvalue weighted by Gasteiger charge is -2.31. The molecule has 0 radical (unpaired) electrons. The molecule has 1 aliphatic heterocycles. The first-order chi connectivity index (χ1) is 9.56. The molecular formula is C15H15FN2O2. The van der Waals surface area contributed by atoms with Gasteiger partial charge in [-0.25, -0.2) is 4.39 Å². The van der Waals surface area contributed by atoms with Crippen LogP contribution in [0.25, 0.3) is 5.70 Å². The van der Waals surface area contributed by atoms with Gasteiger partial charge >= 0.3 is 0 Å². The van der Waals surface area contributed by atoms with Crippen molar-refractivity contribution in [3.8, 4) is 0 Å². The third-order valence-electron chi connectivity index (χ3n) is 3.17. The summed E-state index contributed by atoms with van der Waals surface area (Å²) in [4.78, 5) is 12.1. The molecule has 1 aromatic carbocycles. The zero-order chi connectivity index (χ0) is 14.7. The fraction of sp³-hybridized carbons (Fsp3) is 0.200. The maximum absolute atomic E-state index is 12.8. The van der Waals surface area contributed by atoms with Gasteiger partial charge in [-0.05, 0) is 18.1 Å². The summed E-state index contributed by atoms with van der Waals surface area (Å²) >= 11 is 0. The van der Waals surface area contributed by atoms with E-state index in [4.69, 9.17) is 0 Å². The number of allylic oxidation sites excluding steroid dienone is 2. The highest BCUT2D eigenvalue weighted by atomic mass is 19.1. The molecule has 4 nitrogen and oxygen atoms in total. The minimum Gasteiger partial charge on any atom is -0.333 e. The Labute approximate surface area is 116 Å². The molecule has 1 heterocycles. The van der Waals surface area contributed by atoms with Gasteiger partial charge in [-0.2, -0.15) is 0 Å². The fourth-order valence-electron chi connectivity index (χ4n) is 2.31. The molecule has 2 rings (SSSR count). The van der Waals surface area contributed by atoms with Gasteiger partial charge in [-0.3, -0.25) is 10.1 Å². The van der Waals surface area contributed by atoms with Crippen molar-refractivity contribution >= 4 is 5.70 Å². The minimum atomic E-state index is -0.604. The van der Waals surface area contributed by atoms with Crippen molar-refractivity contribution in [2.75, 3.05) is 13.2 Å². The number of hydrogen-bond donors (Lipinski definition) is 0. The summed E-state index contributed by atoms with van der Waals surface area (Å²) in [5.41, 5.74) is 2.51. The highest BCUT2D eigenvalue weighted by Crippen LogP contribution is 2.34. The largest absolute Gasteiger partial charge is 0.333 e. The van der Waals surface area contributed by atoms with Crippen LogP contribution in [0.2, 0.25) is 0 Å². The molecule has 1 aliphatic rings. The Balaban J connectivity index is 2.57. The molecule has 0 aliphatic carbocycles. The number of nitrogens with zero attached hydrogens (tertiary/aromatic N) is 2. The Morgan fingerprint density at radius 3 is 2.55 bits per heavy atom. The van der Waals surface area contributed by atoms with Crippen molar-refractivity contribution in [2.45, 2.75) is 6.92 Å². The molecular weight excluding hydrogens is 259 g/mol. The van der Waals surface area contributed by atoms with Gasteiger partial charge in [0.05, 0.1) is 17.2 Å². The van der Waals surface area contributed by atoms with E-state index in [0.29, 0.717) is 0 Å². The molecule has 20 heavy (non-hydrogen) atoms. The monoisotopic (exact) mass is 274 g/mol. The first-order valence-corrected chi connectivity index (χ1v) is 6.21. The van der Waals surface area contributed by atoms with E-state index in [0.717, 1.165) is 16.8 Å². The number of hydrogen-bond acceptors (Lipinski definition) is 3. The topological polar surface area (TPSA) is 46.4 Å². The van der Waals surface area contributed by atoms with Gasteiger partial charge < -0.3 is 4.90 Å². The normalized spacial score (nSPS) is 15.4. The van der Waals surface area contributed by atoms with Crippen LogP contribution < -0.4 is 0 Å². The van der Waals surface area contributed by atoms with Crippen LogP contribution in [0.1, 0.15) is 12.5 Å². The molecule has 0 N–H and O–H groups in total. The smallest absolute Gasteiger partial charge is 0.292 e. The Bertz CT molecular complexity index is 606. The number of alkyl halides is 1. The van der Waals surface area contributed by atoms with Crippen LogP contribution in [0.4, 0.5) is 4.39 Å². The minimum absolute atomic E-state index is 0.0472. The summed E-state index contributed by atoms with van der Waals surface area (Å²) in [5, 5.41) is 11.0. The Morgan fingerprint density at radius 1 is 1.35 bits per heavy atom. The molecule has 0 unspecified atom stereocenters. The lowest BCUT2D eigenvalue weighted by Crippen LogP contribution is -2.29. The molecule has 104 valence electrons. The standard InChI is InChI=1S/C15H15FN2O2/c1-11-10-14(18(19)20)12(2)17(9-8-16)15(11)13-6-4-3-5-7-13/h3-7,10H,2,8-9H2,1H3. The second kappa shape index (κ2) is 5.69. The first kappa shape index (κ1) is 14.0. The van der Waals surface area contributed by atoms with Gasteiger partial charge in [-0.1, -0.05) is 36.9 Å². The molecule has 0 fully saturated rings. The van der Waals surface area contributed by atoms with E-state index in [2.05, 4.69) is 6.58 Å². The SMILES string of the molecule is C=C1C([N+](=O)[O-])=CC(C)=C(c2ccccc2)N1CCF. The van der Waals surface area contributed by atoms with Crippen LogP contribution >= 0.6 is 0 Å². The molecule has 1 aromatic rings. The van der Waals surface area contributed by atoms with Gasteiger partial charge in [0.15, 0.2) is 0 Å². The van der Waals surface area contributed by atoms with Gasteiger partial charge in [0.2, 0.25) is 0 Å². The fourth-order valence-corrected chi connectivity index (χ4v) is 2.31. The predicted molar refractivity (Wildman–Crippen MR) is 75.9 cm³/mol. The lowest BCUT2D eigenvalue weighted by atomic mass is 10.00. The zero-order valence-electron chi connectivity index (χ0n) is 11.2. The third-order valence-corrected chi connectivity index (χ3v) is 3.17. The molecule has 0 amide bonds. The van der Waals surface area contributed by atoms with Crippen molar-refractivity contribution in [1.29, 1.82) is 0 Å². The maximum Gasteiger partial charge on any atom is 0.292 e. The summed E-state index contributed by atoms with van der Waals surface area (Å²) < 4.78 is 12.8. The van der Waals surface area contributed by atoms with Crippen molar-refractivity contribution in [1.82, 2.24) is 4.90 Å². The summed E-state index contributed by atoms with van der Waals surface area (Å²) in [7, 11) is 0. The van der Waals surface area contributed by atoms with E-state index < -0.39 is 11.6 Å². The van der Waals surface area contributed by atoms with Gasteiger partial charge in [0.1, 0.15) is 12.4 Å². The van der Waals surface area contributed by atoms with E-state index in [9.17, 15) is 14.5 Å². The van der Waals surface area contributed by atoms with Crippen LogP contribution in [0, 0.1) is 10.1 Å². The first-order valence-electron chi connectivity index (χ1n) is 6.21. The number of halogens is 1.